The van der Waals surface area contributed by atoms with E-state index in [0.717, 1.165) is 23.1 Å². The fourth-order valence-electron chi connectivity index (χ4n) is 2.07. The van der Waals surface area contributed by atoms with Crippen LogP contribution >= 0.6 is 0 Å². The van der Waals surface area contributed by atoms with Gasteiger partial charge in [-0.25, -0.2) is 9.97 Å². The first kappa shape index (κ1) is 12.4. The molecular weight excluding hydrogens is 250 g/mol. The summed E-state index contributed by atoms with van der Waals surface area (Å²) in [6.07, 6.45) is 2.46. The largest absolute Gasteiger partial charge is 0.438 e. The number of rotatable bonds is 3. The second-order valence-corrected chi connectivity index (χ2v) is 4.56. The number of aromatic nitrogens is 2. The van der Waals surface area contributed by atoms with E-state index in [1.54, 1.807) is 0 Å². The van der Waals surface area contributed by atoms with Crippen molar-refractivity contribution in [2.45, 2.75) is 13.3 Å². The van der Waals surface area contributed by atoms with Crippen molar-refractivity contribution in [1.82, 2.24) is 9.97 Å². The van der Waals surface area contributed by atoms with E-state index in [1.165, 1.54) is 11.9 Å². The predicted octanol–water partition coefficient (Wildman–Crippen LogP) is 3.57. The molecule has 3 rings (SSSR count). The van der Waals surface area contributed by atoms with Gasteiger partial charge in [-0.3, -0.25) is 0 Å². The third kappa shape index (κ3) is 2.40. The van der Waals surface area contributed by atoms with Crippen LogP contribution in [0.5, 0.6) is 11.6 Å². The number of anilines is 1. The van der Waals surface area contributed by atoms with Crippen LogP contribution in [0, 0.1) is 0 Å². The van der Waals surface area contributed by atoms with Crippen molar-refractivity contribution in [3.8, 4) is 11.6 Å². The number of hydrogen-bond donors (Lipinski definition) is 1. The smallest absolute Gasteiger partial charge is 0.230 e. The van der Waals surface area contributed by atoms with E-state index >= 15 is 0 Å². The van der Waals surface area contributed by atoms with Crippen LogP contribution in [0.15, 0.2) is 48.8 Å². The van der Waals surface area contributed by atoms with Crippen LogP contribution in [0.3, 0.4) is 0 Å². The molecule has 3 aromatic rings. The Kier molecular flexibility index (Phi) is 3.21. The Bertz CT molecular complexity index is 756. The van der Waals surface area contributed by atoms with Crippen LogP contribution in [0.25, 0.3) is 10.9 Å². The lowest BCUT2D eigenvalue weighted by molar-refractivity contribution is 0.467. The van der Waals surface area contributed by atoms with Gasteiger partial charge in [0.25, 0.3) is 0 Å². The maximum atomic E-state index is 5.88. The van der Waals surface area contributed by atoms with Gasteiger partial charge in [0.2, 0.25) is 5.88 Å². The second kappa shape index (κ2) is 5.17. The maximum Gasteiger partial charge on any atom is 0.230 e. The normalized spacial score (nSPS) is 10.7. The molecule has 20 heavy (non-hydrogen) atoms. The molecule has 0 unspecified atom stereocenters. The third-order valence-electron chi connectivity index (χ3n) is 3.15. The van der Waals surface area contributed by atoms with Crippen LogP contribution in [0.2, 0.25) is 0 Å². The molecule has 0 amide bonds. The molecule has 0 saturated carbocycles. The van der Waals surface area contributed by atoms with E-state index in [2.05, 4.69) is 23.0 Å². The lowest BCUT2D eigenvalue weighted by atomic mass is 10.2. The first-order chi connectivity index (χ1) is 9.76. The number of benzene rings is 2. The monoisotopic (exact) mass is 265 g/mol. The number of fused-ring (bicyclic) bond motifs is 1. The standard InChI is InChI=1S/C16H15N3O/c1-2-11-4-3-5-13(8-11)20-16-14-7-6-12(17)9-15(14)18-10-19-16/h3-10H,2,17H2,1H3. The molecule has 2 N–H and O–H groups in total. The summed E-state index contributed by atoms with van der Waals surface area (Å²) >= 11 is 0. The Hall–Kier alpha value is -2.62. The van der Waals surface area contributed by atoms with Gasteiger partial charge in [0, 0.05) is 5.69 Å². The van der Waals surface area contributed by atoms with Crippen LogP contribution in [0.4, 0.5) is 5.69 Å². The summed E-state index contributed by atoms with van der Waals surface area (Å²) < 4.78 is 5.88. The highest BCUT2D eigenvalue weighted by Crippen LogP contribution is 2.28. The van der Waals surface area contributed by atoms with Crippen LogP contribution in [-0.4, -0.2) is 9.97 Å². The molecule has 0 saturated heterocycles. The number of nitrogen functional groups attached to an aromatic ring is 1. The second-order valence-electron chi connectivity index (χ2n) is 4.56. The summed E-state index contributed by atoms with van der Waals surface area (Å²) in [5.41, 5.74) is 8.45. The highest BCUT2D eigenvalue weighted by atomic mass is 16.5. The molecular formula is C16H15N3O. The summed E-state index contributed by atoms with van der Waals surface area (Å²) in [6, 6.07) is 13.5. The topological polar surface area (TPSA) is 61.0 Å². The summed E-state index contributed by atoms with van der Waals surface area (Å²) in [5, 5.41) is 0.851. The fourth-order valence-corrected chi connectivity index (χ4v) is 2.07. The predicted molar refractivity (Wildman–Crippen MR) is 79.8 cm³/mol. The molecule has 1 heterocycles. The van der Waals surface area contributed by atoms with Crippen molar-refractivity contribution in [2.24, 2.45) is 0 Å². The van der Waals surface area contributed by atoms with Crippen molar-refractivity contribution in [3.05, 3.63) is 54.4 Å². The molecule has 0 aliphatic heterocycles. The Labute approximate surface area is 117 Å². The van der Waals surface area contributed by atoms with Crippen molar-refractivity contribution < 1.29 is 4.74 Å². The average Bonchev–Trinajstić information content (AvgIpc) is 2.47. The van der Waals surface area contributed by atoms with Gasteiger partial charge in [-0.1, -0.05) is 19.1 Å². The minimum Gasteiger partial charge on any atom is -0.438 e. The molecule has 0 radical (unpaired) electrons. The number of hydrogen-bond acceptors (Lipinski definition) is 4. The Morgan fingerprint density at radius 1 is 1.10 bits per heavy atom. The van der Waals surface area contributed by atoms with Gasteiger partial charge in [-0.05, 0) is 42.3 Å². The molecule has 1 aromatic heterocycles. The minimum atomic E-state index is 0.545. The molecule has 0 bridgehead atoms. The quantitative estimate of drug-likeness (QED) is 0.735. The van der Waals surface area contributed by atoms with Gasteiger partial charge >= 0.3 is 0 Å². The van der Waals surface area contributed by atoms with E-state index in [1.807, 2.05) is 36.4 Å². The zero-order chi connectivity index (χ0) is 13.9. The van der Waals surface area contributed by atoms with E-state index in [4.69, 9.17) is 10.5 Å². The zero-order valence-electron chi connectivity index (χ0n) is 11.2. The Balaban J connectivity index is 2.02. The van der Waals surface area contributed by atoms with Gasteiger partial charge in [-0.2, -0.15) is 0 Å². The molecule has 0 aliphatic rings. The highest BCUT2D eigenvalue weighted by molar-refractivity contribution is 5.85. The van der Waals surface area contributed by atoms with Crippen molar-refractivity contribution >= 4 is 16.6 Å². The van der Waals surface area contributed by atoms with E-state index < -0.39 is 0 Å². The molecule has 0 aliphatic carbocycles. The number of ether oxygens (including phenoxy) is 1. The van der Waals surface area contributed by atoms with Crippen LogP contribution in [-0.2, 0) is 6.42 Å². The highest BCUT2D eigenvalue weighted by Gasteiger charge is 2.06. The van der Waals surface area contributed by atoms with E-state index in [0.29, 0.717) is 11.6 Å². The molecule has 100 valence electrons. The summed E-state index contributed by atoms with van der Waals surface area (Å²) in [4.78, 5) is 8.42. The van der Waals surface area contributed by atoms with Gasteiger partial charge in [-0.15, -0.1) is 0 Å². The van der Waals surface area contributed by atoms with Crippen LogP contribution < -0.4 is 10.5 Å². The number of nitrogens with zero attached hydrogens (tertiary/aromatic N) is 2. The van der Waals surface area contributed by atoms with Gasteiger partial charge in [0.15, 0.2) is 0 Å². The molecule has 2 aromatic carbocycles. The van der Waals surface area contributed by atoms with Gasteiger partial charge < -0.3 is 10.5 Å². The van der Waals surface area contributed by atoms with Crippen LogP contribution in [0.1, 0.15) is 12.5 Å². The van der Waals surface area contributed by atoms with Gasteiger partial charge in [0.1, 0.15) is 12.1 Å². The fraction of sp³-hybridized carbons (Fsp3) is 0.125. The molecule has 0 atom stereocenters. The van der Waals surface area contributed by atoms with Crippen molar-refractivity contribution in [1.29, 1.82) is 0 Å². The van der Waals surface area contributed by atoms with E-state index in [-0.39, 0.29) is 0 Å². The van der Waals surface area contributed by atoms with E-state index in [9.17, 15) is 0 Å². The lowest BCUT2D eigenvalue weighted by Crippen LogP contribution is -1.93. The lowest BCUT2D eigenvalue weighted by Gasteiger charge is -2.08. The molecule has 4 nitrogen and oxygen atoms in total. The minimum absolute atomic E-state index is 0.545. The molecule has 4 heteroatoms. The average molecular weight is 265 g/mol. The molecule has 0 spiro atoms. The third-order valence-corrected chi connectivity index (χ3v) is 3.15. The maximum absolute atomic E-state index is 5.88. The van der Waals surface area contributed by atoms with Gasteiger partial charge in [0.05, 0.1) is 10.9 Å². The Morgan fingerprint density at radius 3 is 2.85 bits per heavy atom. The SMILES string of the molecule is CCc1cccc(Oc2ncnc3cc(N)ccc23)c1. The number of aryl methyl sites for hydroxylation is 1. The molecule has 0 fully saturated rings. The van der Waals surface area contributed by atoms with Crippen molar-refractivity contribution in [3.63, 3.8) is 0 Å². The summed E-state index contributed by atoms with van der Waals surface area (Å²) in [7, 11) is 0. The zero-order valence-corrected chi connectivity index (χ0v) is 11.2. The Morgan fingerprint density at radius 2 is 2.00 bits per heavy atom. The first-order valence-corrected chi connectivity index (χ1v) is 6.53. The first-order valence-electron chi connectivity index (χ1n) is 6.53. The summed E-state index contributed by atoms with van der Waals surface area (Å²) in [5.74, 6) is 1.32. The summed E-state index contributed by atoms with van der Waals surface area (Å²) in [6.45, 7) is 2.11. The van der Waals surface area contributed by atoms with Crippen molar-refractivity contribution in [2.75, 3.05) is 5.73 Å². The number of nitrogens with two attached hydrogens (primary N) is 1.